The summed E-state index contributed by atoms with van der Waals surface area (Å²) < 4.78 is 25.5. The largest absolute Gasteiger partial charge is 0.358 e. The van der Waals surface area contributed by atoms with Crippen molar-refractivity contribution in [2.24, 2.45) is 0 Å². The number of likely N-dealkylation sites (N-methyl/N-ethyl adjacent to an activating group) is 1. The maximum atomic E-state index is 11.6. The Labute approximate surface area is 125 Å². The molecule has 1 saturated heterocycles. The summed E-state index contributed by atoms with van der Waals surface area (Å²) in [4.78, 5) is 19.6. The van der Waals surface area contributed by atoms with E-state index in [1.165, 1.54) is 19.3 Å². The van der Waals surface area contributed by atoms with E-state index in [2.05, 4.69) is 9.71 Å². The first-order chi connectivity index (χ1) is 9.94. The topological polar surface area (TPSA) is 82.6 Å². The first-order valence-corrected chi connectivity index (χ1v) is 8.31. The Morgan fingerprint density at radius 3 is 2.71 bits per heavy atom. The van der Waals surface area contributed by atoms with Crippen LogP contribution in [0, 0.1) is 0 Å². The third-order valence-corrected chi connectivity index (χ3v) is 4.97. The van der Waals surface area contributed by atoms with Gasteiger partial charge in [-0.15, -0.1) is 0 Å². The zero-order valence-corrected chi connectivity index (χ0v) is 13.1. The lowest BCUT2D eigenvalue weighted by Crippen LogP contribution is -2.34. The molecule has 0 atom stereocenters. The van der Waals surface area contributed by atoms with E-state index < -0.39 is 10.0 Å². The van der Waals surface area contributed by atoms with Gasteiger partial charge in [-0.1, -0.05) is 0 Å². The second-order valence-electron chi connectivity index (χ2n) is 4.97. The van der Waals surface area contributed by atoms with Crippen molar-refractivity contribution in [1.82, 2.24) is 14.6 Å². The van der Waals surface area contributed by atoms with Crippen LogP contribution in [0.5, 0.6) is 0 Å². The molecule has 21 heavy (non-hydrogen) atoms. The summed E-state index contributed by atoms with van der Waals surface area (Å²) in [6.07, 6.45) is 2.90. The van der Waals surface area contributed by atoms with E-state index >= 15 is 0 Å². The number of nitrogens with zero attached hydrogens (tertiary/aromatic N) is 3. The van der Waals surface area contributed by atoms with Gasteiger partial charge < -0.3 is 9.80 Å². The number of likely N-dealkylation sites (tertiary alicyclic amines) is 1. The van der Waals surface area contributed by atoms with Crippen LogP contribution in [0.3, 0.4) is 0 Å². The number of carbonyl (C=O) groups is 1. The lowest BCUT2D eigenvalue weighted by molar-refractivity contribution is -0.127. The number of pyridine rings is 1. The molecule has 0 aromatic carbocycles. The third kappa shape index (κ3) is 3.70. The first kappa shape index (κ1) is 15.7. The average molecular weight is 312 g/mol. The number of sulfonamides is 1. The number of hydrogen-bond acceptors (Lipinski definition) is 5. The molecule has 8 heteroatoms. The zero-order chi connectivity index (χ0) is 15.5. The Balaban J connectivity index is 1.96. The monoisotopic (exact) mass is 312 g/mol. The van der Waals surface area contributed by atoms with Crippen LogP contribution in [0.15, 0.2) is 23.2 Å². The predicted octanol–water partition coefficient (Wildman–Crippen LogP) is 0.0483. The van der Waals surface area contributed by atoms with Crippen molar-refractivity contribution in [1.29, 1.82) is 0 Å². The second-order valence-corrected chi connectivity index (χ2v) is 6.85. The second kappa shape index (κ2) is 6.40. The molecule has 116 valence electrons. The van der Waals surface area contributed by atoms with Crippen LogP contribution >= 0.6 is 0 Å². The Kier molecular flexibility index (Phi) is 4.79. The molecule has 2 rings (SSSR count). The highest BCUT2D eigenvalue weighted by molar-refractivity contribution is 7.89. The molecule has 1 aromatic heterocycles. The highest BCUT2D eigenvalue weighted by atomic mass is 32.2. The number of amides is 1. The Morgan fingerprint density at radius 1 is 1.43 bits per heavy atom. The van der Waals surface area contributed by atoms with E-state index in [0.29, 0.717) is 25.3 Å². The van der Waals surface area contributed by atoms with Gasteiger partial charge in [0, 0.05) is 39.3 Å². The molecule has 1 aliphatic heterocycles. The van der Waals surface area contributed by atoms with Gasteiger partial charge in [-0.05, 0) is 25.6 Å². The molecule has 1 aliphatic rings. The molecule has 2 heterocycles. The van der Waals surface area contributed by atoms with Crippen molar-refractivity contribution in [3.63, 3.8) is 0 Å². The van der Waals surface area contributed by atoms with E-state index in [-0.39, 0.29) is 10.8 Å². The lowest BCUT2D eigenvalue weighted by atomic mass is 10.4. The van der Waals surface area contributed by atoms with E-state index in [1.807, 2.05) is 16.8 Å². The molecule has 7 nitrogen and oxygen atoms in total. The molecule has 0 unspecified atom stereocenters. The highest BCUT2D eigenvalue weighted by Gasteiger charge is 2.20. The molecule has 1 N–H and O–H groups in total. The van der Waals surface area contributed by atoms with E-state index in [9.17, 15) is 13.2 Å². The third-order valence-electron chi connectivity index (χ3n) is 3.57. The van der Waals surface area contributed by atoms with Crippen molar-refractivity contribution in [3.8, 4) is 0 Å². The number of anilines is 1. The number of hydrogen-bond donors (Lipinski definition) is 1. The smallest absolute Gasteiger partial charge is 0.241 e. The van der Waals surface area contributed by atoms with Crippen LogP contribution in [-0.2, 0) is 14.8 Å². The number of rotatable bonds is 6. The van der Waals surface area contributed by atoms with Gasteiger partial charge in [0.1, 0.15) is 10.7 Å². The van der Waals surface area contributed by atoms with Crippen molar-refractivity contribution in [3.05, 3.63) is 18.3 Å². The first-order valence-electron chi connectivity index (χ1n) is 6.82. The van der Waals surface area contributed by atoms with Gasteiger partial charge in [-0.25, -0.2) is 18.1 Å². The summed E-state index contributed by atoms with van der Waals surface area (Å²) in [5.41, 5.74) is 0. The maximum Gasteiger partial charge on any atom is 0.241 e. The fourth-order valence-electron chi connectivity index (χ4n) is 2.20. The van der Waals surface area contributed by atoms with Gasteiger partial charge >= 0.3 is 0 Å². The van der Waals surface area contributed by atoms with Gasteiger partial charge in [0.25, 0.3) is 0 Å². The summed E-state index contributed by atoms with van der Waals surface area (Å²) in [5.74, 6) is 0.878. The normalized spacial score (nSPS) is 15.5. The quantitative estimate of drug-likeness (QED) is 0.802. The fraction of sp³-hybridized carbons (Fsp3) is 0.538. The highest BCUT2D eigenvalue weighted by Crippen LogP contribution is 2.14. The molecular weight excluding hydrogens is 292 g/mol. The van der Waals surface area contributed by atoms with Crippen LogP contribution in [0.25, 0.3) is 0 Å². The van der Waals surface area contributed by atoms with E-state index in [4.69, 9.17) is 0 Å². The summed E-state index contributed by atoms with van der Waals surface area (Å²) in [6.45, 7) is 2.14. The molecule has 0 spiro atoms. The van der Waals surface area contributed by atoms with E-state index in [1.54, 1.807) is 6.07 Å². The van der Waals surface area contributed by atoms with Gasteiger partial charge in [0.2, 0.25) is 15.9 Å². The summed E-state index contributed by atoms with van der Waals surface area (Å²) in [5, 5.41) is 0. The van der Waals surface area contributed by atoms with Crippen LogP contribution in [0.2, 0.25) is 0 Å². The molecular formula is C13H20N4O3S. The molecule has 1 aromatic rings. The van der Waals surface area contributed by atoms with Crippen molar-refractivity contribution in [2.45, 2.75) is 17.7 Å². The molecule has 0 aliphatic carbocycles. The van der Waals surface area contributed by atoms with Crippen molar-refractivity contribution in [2.75, 3.05) is 38.6 Å². The summed E-state index contributed by atoms with van der Waals surface area (Å²) >= 11 is 0. The van der Waals surface area contributed by atoms with Gasteiger partial charge in [-0.3, -0.25) is 4.79 Å². The standard InChI is InChI=1S/C13H20N4O3S/c1-14-21(19,20)11-5-6-12(15-10-11)16(2)8-9-17-7-3-4-13(17)18/h5-6,10,14H,3-4,7-9H2,1-2H3. The Morgan fingerprint density at radius 2 is 2.19 bits per heavy atom. The van der Waals surface area contributed by atoms with Gasteiger partial charge in [0.15, 0.2) is 0 Å². The van der Waals surface area contributed by atoms with Gasteiger partial charge in [0.05, 0.1) is 0 Å². The maximum absolute atomic E-state index is 11.6. The predicted molar refractivity (Wildman–Crippen MR) is 79.6 cm³/mol. The lowest BCUT2D eigenvalue weighted by Gasteiger charge is -2.22. The molecule has 1 amide bonds. The number of aromatic nitrogens is 1. The Bertz CT molecular complexity index is 600. The van der Waals surface area contributed by atoms with Crippen LogP contribution in [0.1, 0.15) is 12.8 Å². The van der Waals surface area contributed by atoms with E-state index in [0.717, 1.165) is 13.0 Å². The molecule has 0 saturated carbocycles. The van der Waals surface area contributed by atoms with Gasteiger partial charge in [-0.2, -0.15) is 0 Å². The van der Waals surface area contributed by atoms with Crippen LogP contribution in [0.4, 0.5) is 5.82 Å². The fourth-order valence-corrected chi connectivity index (χ4v) is 2.88. The van der Waals surface area contributed by atoms with Crippen molar-refractivity contribution >= 4 is 21.7 Å². The molecule has 0 bridgehead atoms. The number of carbonyl (C=O) groups excluding carboxylic acids is 1. The summed E-state index contributed by atoms with van der Waals surface area (Å²) in [7, 11) is -0.224. The SMILES string of the molecule is CNS(=O)(=O)c1ccc(N(C)CCN2CCCC2=O)nc1. The molecule has 1 fully saturated rings. The van der Waals surface area contributed by atoms with Crippen LogP contribution < -0.4 is 9.62 Å². The molecule has 0 radical (unpaired) electrons. The minimum atomic E-state index is -3.46. The zero-order valence-electron chi connectivity index (χ0n) is 12.2. The average Bonchev–Trinajstić information content (AvgIpc) is 2.90. The minimum absolute atomic E-state index is 0.136. The van der Waals surface area contributed by atoms with Crippen molar-refractivity contribution < 1.29 is 13.2 Å². The summed E-state index contributed by atoms with van der Waals surface area (Å²) in [6, 6.07) is 3.18. The number of nitrogens with one attached hydrogen (secondary N) is 1. The Hall–Kier alpha value is -1.67. The van der Waals surface area contributed by atoms with Crippen LogP contribution in [-0.4, -0.2) is 57.9 Å². The minimum Gasteiger partial charge on any atom is -0.358 e.